The van der Waals surface area contributed by atoms with Crippen LogP contribution in [-0.2, 0) is 13.8 Å². The fourth-order valence-electron chi connectivity index (χ4n) is 1.21. The molecule has 1 saturated carbocycles. The van der Waals surface area contributed by atoms with Crippen molar-refractivity contribution in [1.29, 1.82) is 5.26 Å². The quantitative estimate of drug-likeness (QED) is 0.678. The van der Waals surface area contributed by atoms with E-state index < -0.39 is 19.9 Å². The zero-order valence-corrected chi connectivity index (χ0v) is 9.44. The average molecular weight is 238 g/mol. The third kappa shape index (κ3) is 2.59. The minimum atomic E-state index is -3.49. The van der Waals surface area contributed by atoms with Crippen LogP contribution >= 0.6 is 10.7 Å². The van der Waals surface area contributed by atoms with Crippen molar-refractivity contribution in [1.82, 2.24) is 0 Å². The summed E-state index contributed by atoms with van der Waals surface area (Å²) >= 11 is 0. The van der Waals surface area contributed by atoms with E-state index in [1.807, 2.05) is 6.07 Å². The Morgan fingerprint density at radius 3 is 2.57 bits per heavy atom. The first-order valence-corrected chi connectivity index (χ1v) is 6.68. The molecule has 0 heterocycles. The molecule has 0 N–H and O–H groups in total. The first-order chi connectivity index (χ1) is 6.41. The van der Waals surface area contributed by atoms with E-state index in [0.29, 0.717) is 19.3 Å². The Kier molecular flexibility index (Phi) is 3.40. The number of rotatable bonds is 5. The molecule has 4 nitrogen and oxygen atoms in total. The fraction of sp³-hybridized carbons (Fsp3) is 0.875. The predicted octanol–water partition coefficient (Wildman–Crippen LogP) is 1.41. The van der Waals surface area contributed by atoms with Crippen LogP contribution in [0.4, 0.5) is 0 Å². The maximum atomic E-state index is 11.1. The van der Waals surface area contributed by atoms with E-state index in [0.717, 1.165) is 0 Å². The highest BCUT2D eigenvalue weighted by atomic mass is 35.7. The van der Waals surface area contributed by atoms with Crippen molar-refractivity contribution in [2.75, 3.05) is 6.61 Å². The largest absolute Gasteiger partial charge is 0.364 e. The monoisotopic (exact) mass is 237 g/mol. The van der Waals surface area contributed by atoms with E-state index in [1.54, 1.807) is 6.92 Å². The van der Waals surface area contributed by atoms with Gasteiger partial charge in [-0.1, -0.05) is 0 Å². The molecule has 6 heteroatoms. The third-order valence-corrected chi connectivity index (χ3v) is 5.06. The molecule has 0 aromatic carbocycles. The molecule has 0 bridgehead atoms. The van der Waals surface area contributed by atoms with Gasteiger partial charge >= 0.3 is 0 Å². The van der Waals surface area contributed by atoms with Crippen LogP contribution in [0.1, 0.15) is 26.2 Å². The molecule has 1 fully saturated rings. The van der Waals surface area contributed by atoms with Gasteiger partial charge in [-0.3, -0.25) is 0 Å². The number of nitriles is 1. The Morgan fingerprint density at radius 2 is 2.21 bits per heavy atom. The number of halogens is 1. The summed E-state index contributed by atoms with van der Waals surface area (Å²) in [5, 5.41) is 8.42. The van der Waals surface area contributed by atoms with Gasteiger partial charge in [0.25, 0.3) is 0 Å². The van der Waals surface area contributed by atoms with Crippen LogP contribution in [0.2, 0.25) is 0 Å². The van der Waals surface area contributed by atoms with Crippen molar-refractivity contribution in [3.63, 3.8) is 0 Å². The average Bonchev–Trinajstić information content (AvgIpc) is 2.84. The van der Waals surface area contributed by atoms with Crippen LogP contribution in [0, 0.1) is 11.3 Å². The van der Waals surface area contributed by atoms with E-state index >= 15 is 0 Å². The molecular weight excluding hydrogens is 226 g/mol. The van der Waals surface area contributed by atoms with E-state index in [4.69, 9.17) is 20.7 Å². The molecule has 1 aliphatic carbocycles. The Morgan fingerprint density at radius 1 is 1.64 bits per heavy atom. The molecule has 0 spiro atoms. The summed E-state index contributed by atoms with van der Waals surface area (Å²) < 4.78 is 26.5. The van der Waals surface area contributed by atoms with Crippen LogP contribution in [0.15, 0.2) is 0 Å². The Bertz CT molecular complexity index is 342. The van der Waals surface area contributed by atoms with E-state index in [9.17, 15) is 8.42 Å². The summed E-state index contributed by atoms with van der Waals surface area (Å²) in [6.45, 7) is 1.88. The molecule has 80 valence electrons. The fourth-order valence-corrected chi connectivity index (χ4v) is 2.83. The summed E-state index contributed by atoms with van der Waals surface area (Å²) in [6.07, 6.45) is 1.08. The molecule has 0 amide bonds. The van der Waals surface area contributed by atoms with Gasteiger partial charge in [0.2, 0.25) is 9.05 Å². The van der Waals surface area contributed by atoms with Crippen molar-refractivity contribution >= 4 is 19.7 Å². The maximum Gasteiger partial charge on any atom is 0.238 e. The summed E-state index contributed by atoms with van der Waals surface area (Å²) in [5.74, 6) is 0. The summed E-state index contributed by atoms with van der Waals surface area (Å²) in [5.41, 5.74) is 0. The topological polar surface area (TPSA) is 67.2 Å². The highest BCUT2D eigenvalue weighted by Gasteiger charge is 2.53. The van der Waals surface area contributed by atoms with Crippen molar-refractivity contribution in [2.45, 2.75) is 37.0 Å². The lowest BCUT2D eigenvalue weighted by Crippen LogP contribution is -2.21. The molecular formula is C8H12ClNO3S. The van der Waals surface area contributed by atoms with Crippen LogP contribution < -0.4 is 0 Å². The summed E-state index contributed by atoms with van der Waals surface area (Å²) in [6, 6.07) is 1.91. The summed E-state index contributed by atoms with van der Waals surface area (Å²) in [7, 11) is 1.80. The van der Waals surface area contributed by atoms with E-state index in [2.05, 4.69) is 0 Å². The maximum absolute atomic E-state index is 11.1. The smallest absolute Gasteiger partial charge is 0.238 e. The zero-order valence-electron chi connectivity index (χ0n) is 7.86. The standard InChI is InChI=1S/C8H12ClNO3S/c1-7(6-10)13-5-4-8(2-3-8)14(9,11)12/h7H,2-5H2,1H3. The van der Waals surface area contributed by atoms with Crippen LogP contribution in [0.3, 0.4) is 0 Å². The van der Waals surface area contributed by atoms with Crippen molar-refractivity contribution in [3.8, 4) is 6.07 Å². The van der Waals surface area contributed by atoms with Gasteiger partial charge in [-0.05, 0) is 26.2 Å². The van der Waals surface area contributed by atoms with Crippen molar-refractivity contribution < 1.29 is 13.2 Å². The lowest BCUT2D eigenvalue weighted by molar-refractivity contribution is 0.0984. The van der Waals surface area contributed by atoms with Gasteiger partial charge < -0.3 is 4.74 Å². The van der Waals surface area contributed by atoms with Gasteiger partial charge in [-0.2, -0.15) is 5.26 Å². The SMILES string of the molecule is CC(C#N)OCCC1(S(=O)(=O)Cl)CC1. The molecule has 1 unspecified atom stereocenters. The number of ether oxygens (including phenoxy) is 1. The second-order valence-electron chi connectivity index (χ2n) is 3.51. The van der Waals surface area contributed by atoms with Gasteiger partial charge in [0.15, 0.2) is 0 Å². The van der Waals surface area contributed by atoms with Crippen molar-refractivity contribution in [2.24, 2.45) is 0 Å². The van der Waals surface area contributed by atoms with Crippen LogP contribution in [-0.4, -0.2) is 25.9 Å². The second-order valence-corrected chi connectivity index (χ2v) is 6.47. The van der Waals surface area contributed by atoms with Gasteiger partial charge in [-0.25, -0.2) is 8.42 Å². The number of hydrogen-bond acceptors (Lipinski definition) is 4. The van der Waals surface area contributed by atoms with Gasteiger partial charge in [-0.15, -0.1) is 0 Å². The third-order valence-electron chi connectivity index (χ3n) is 2.43. The molecule has 1 atom stereocenters. The first-order valence-electron chi connectivity index (χ1n) is 4.37. The molecule has 0 aromatic heterocycles. The van der Waals surface area contributed by atoms with E-state index in [1.165, 1.54) is 0 Å². The lowest BCUT2D eigenvalue weighted by Gasteiger charge is -2.11. The van der Waals surface area contributed by atoms with Gasteiger partial charge in [0.05, 0.1) is 10.8 Å². The minimum absolute atomic E-state index is 0.265. The van der Waals surface area contributed by atoms with Crippen LogP contribution in [0.5, 0.6) is 0 Å². The molecule has 14 heavy (non-hydrogen) atoms. The predicted molar refractivity (Wildman–Crippen MR) is 52.4 cm³/mol. The highest BCUT2D eigenvalue weighted by Crippen LogP contribution is 2.48. The zero-order chi connectivity index (χ0) is 10.8. The molecule has 0 saturated heterocycles. The summed E-state index contributed by atoms with van der Waals surface area (Å²) in [4.78, 5) is 0. The van der Waals surface area contributed by atoms with Gasteiger partial charge in [0.1, 0.15) is 6.10 Å². The Balaban J connectivity index is 2.37. The first kappa shape index (κ1) is 11.8. The molecule has 0 radical (unpaired) electrons. The number of hydrogen-bond donors (Lipinski definition) is 0. The lowest BCUT2D eigenvalue weighted by atomic mass is 10.3. The molecule has 1 aliphatic rings. The molecule has 0 aliphatic heterocycles. The number of nitrogens with zero attached hydrogens (tertiary/aromatic N) is 1. The molecule has 1 rings (SSSR count). The minimum Gasteiger partial charge on any atom is -0.364 e. The Hall–Kier alpha value is -0.310. The Labute approximate surface area is 88.2 Å². The normalized spacial score (nSPS) is 21.2. The second kappa shape index (κ2) is 4.05. The molecule has 0 aromatic rings. The van der Waals surface area contributed by atoms with Gasteiger partial charge in [0, 0.05) is 17.3 Å². The van der Waals surface area contributed by atoms with E-state index in [-0.39, 0.29) is 6.61 Å². The van der Waals surface area contributed by atoms with Crippen molar-refractivity contribution in [3.05, 3.63) is 0 Å². The highest BCUT2D eigenvalue weighted by molar-refractivity contribution is 8.15. The van der Waals surface area contributed by atoms with Crippen LogP contribution in [0.25, 0.3) is 0 Å².